The van der Waals surface area contributed by atoms with E-state index in [4.69, 9.17) is 14.9 Å². The molecular weight excluding hydrogens is 466 g/mol. The van der Waals surface area contributed by atoms with Gasteiger partial charge in [0.2, 0.25) is 11.8 Å². The number of pyridine rings is 1. The van der Waals surface area contributed by atoms with Crippen LogP contribution in [0.2, 0.25) is 0 Å². The fourth-order valence-electron chi connectivity index (χ4n) is 5.26. The number of ether oxygens (including phenoxy) is 1. The number of nitrogens with one attached hydrogen (secondary N) is 1. The van der Waals surface area contributed by atoms with Crippen molar-refractivity contribution < 1.29 is 19.5 Å². The van der Waals surface area contributed by atoms with E-state index in [0.717, 1.165) is 46.3 Å². The first-order valence-corrected chi connectivity index (χ1v) is 12.5. The molecule has 0 aliphatic heterocycles. The number of allylic oxidation sites excluding steroid dienone is 4. The third kappa shape index (κ3) is 5.00. The first kappa shape index (κ1) is 24.7. The zero-order chi connectivity index (χ0) is 26.0. The van der Waals surface area contributed by atoms with E-state index < -0.39 is 17.2 Å². The van der Waals surface area contributed by atoms with E-state index >= 15 is 0 Å². The van der Waals surface area contributed by atoms with Crippen molar-refractivity contribution in [2.75, 3.05) is 14.1 Å². The first-order valence-electron chi connectivity index (χ1n) is 12.5. The van der Waals surface area contributed by atoms with Crippen molar-refractivity contribution in [2.45, 2.75) is 32.3 Å². The van der Waals surface area contributed by atoms with Crippen LogP contribution >= 0.6 is 0 Å². The molecule has 2 aliphatic carbocycles. The second-order valence-corrected chi connectivity index (χ2v) is 10.0. The molecule has 7 heteroatoms. The zero-order valence-electron chi connectivity index (χ0n) is 21.1. The van der Waals surface area contributed by atoms with Crippen LogP contribution in [-0.2, 0) is 22.6 Å². The van der Waals surface area contributed by atoms with Crippen molar-refractivity contribution in [1.29, 1.82) is 0 Å². The summed E-state index contributed by atoms with van der Waals surface area (Å²) in [4.78, 5) is 31.3. The van der Waals surface area contributed by atoms with Crippen molar-refractivity contribution in [3.8, 4) is 5.75 Å². The molecule has 1 aromatic heterocycles. The predicted molar refractivity (Wildman–Crippen MR) is 142 cm³/mol. The van der Waals surface area contributed by atoms with E-state index in [9.17, 15) is 9.59 Å². The molecule has 2 aromatic carbocycles. The minimum absolute atomic E-state index is 0.106. The van der Waals surface area contributed by atoms with Gasteiger partial charge in [-0.15, -0.1) is 0 Å². The van der Waals surface area contributed by atoms with Gasteiger partial charge >= 0.3 is 0 Å². The van der Waals surface area contributed by atoms with E-state index in [-0.39, 0.29) is 5.91 Å². The van der Waals surface area contributed by atoms with Crippen molar-refractivity contribution in [2.24, 2.45) is 11.3 Å². The van der Waals surface area contributed by atoms with Crippen LogP contribution in [0.1, 0.15) is 36.1 Å². The smallest absolute Gasteiger partial charge is 0.247 e. The number of amides is 2. The molecule has 0 bridgehead atoms. The summed E-state index contributed by atoms with van der Waals surface area (Å²) in [5, 5.41) is 10.1. The number of carbonyl (C=O) groups is 2. The lowest BCUT2D eigenvalue weighted by Crippen LogP contribution is -2.36. The Bertz CT molecular complexity index is 1390. The summed E-state index contributed by atoms with van der Waals surface area (Å²) < 4.78 is 6.17. The lowest BCUT2D eigenvalue weighted by molar-refractivity contribution is -0.139. The molecule has 37 heavy (non-hydrogen) atoms. The molecular formula is C30H31N3O4. The van der Waals surface area contributed by atoms with E-state index in [1.807, 2.05) is 42.5 Å². The maximum atomic E-state index is 12.9. The highest BCUT2D eigenvalue weighted by atomic mass is 16.5. The highest BCUT2D eigenvalue weighted by Gasteiger charge is 2.63. The molecule has 0 spiro atoms. The molecule has 3 aromatic rings. The van der Waals surface area contributed by atoms with Crippen molar-refractivity contribution in [3.05, 3.63) is 89.6 Å². The van der Waals surface area contributed by atoms with Gasteiger partial charge in [-0.05, 0) is 61.1 Å². The highest BCUT2D eigenvalue weighted by Crippen LogP contribution is 2.56. The summed E-state index contributed by atoms with van der Waals surface area (Å²) in [5.41, 5.74) is 6.05. The number of nitrogens with zero attached hydrogens (tertiary/aromatic N) is 2. The number of fused-ring (bicyclic) bond motifs is 1. The number of aromatic nitrogens is 1. The van der Waals surface area contributed by atoms with Crippen LogP contribution < -0.4 is 10.2 Å². The minimum Gasteiger partial charge on any atom is -0.489 e. The normalized spacial score (nSPS) is 20.3. The fraction of sp³-hybridized carbons (Fsp3) is 0.300. The molecule has 2 atom stereocenters. The van der Waals surface area contributed by atoms with Crippen molar-refractivity contribution >= 4 is 28.3 Å². The molecule has 0 radical (unpaired) electrons. The Balaban J connectivity index is 1.32. The molecule has 1 saturated carbocycles. The third-order valence-electron chi connectivity index (χ3n) is 7.32. The maximum absolute atomic E-state index is 12.9. The van der Waals surface area contributed by atoms with Gasteiger partial charge < -0.3 is 9.64 Å². The second-order valence-electron chi connectivity index (χ2n) is 10.0. The van der Waals surface area contributed by atoms with Crippen LogP contribution in [0.4, 0.5) is 0 Å². The SMILES string of the molecule is CN(C)C(=O)[C@@]1(Cc2ccc(OCc3cc(C4=CC=CCC4)nc4ccccc34)cc2)C[C@@H]1C(=O)NO. The second kappa shape index (κ2) is 10.2. The van der Waals surface area contributed by atoms with E-state index in [2.05, 4.69) is 30.4 Å². The number of rotatable bonds is 8. The molecule has 0 unspecified atom stereocenters. The Morgan fingerprint density at radius 1 is 1.16 bits per heavy atom. The van der Waals surface area contributed by atoms with E-state index in [0.29, 0.717) is 19.4 Å². The minimum atomic E-state index is -0.825. The van der Waals surface area contributed by atoms with Crippen LogP contribution in [0.25, 0.3) is 16.5 Å². The Labute approximate surface area is 216 Å². The Morgan fingerprint density at radius 2 is 1.95 bits per heavy atom. The number of carbonyl (C=O) groups excluding carboxylic acids is 2. The number of hydrogen-bond donors (Lipinski definition) is 2. The predicted octanol–water partition coefficient (Wildman–Crippen LogP) is 4.69. The number of benzene rings is 2. The summed E-state index contributed by atoms with van der Waals surface area (Å²) in [6.45, 7) is 0.403. The van der Waals surface area contributed by atoms with E-state index in [1.165, 1.54) is 10.5 Å². The maximum Gasteiger partial charge on any atom is 0.247 e. The number of hydroxylamine groups is 1. The average molecular weight is 498 g/mol. The van der Waals surface area contributed by atoms with Crippen LogP contribution in [0, 0.1) is 11.3 Å². The molecule has 7 nitrogen and oxygen atoms in total. The molecule has 2 N–H and O–H groups in total. The van der Waals surface area contributed by atoms with Gasteiger partial charge in [0.05, 0.1) is 22.5 Å². The zero-order valence-corrected chi connectivity index (χ0v) is 21.1. The van der Waals surface area contributed by atoms with Gasteiger partial charge in [0, 0.05) is 25.0 Å². The summed E-state index contributed by atoms with van der Waals surface area (Å²) in [7, 11) is 3.37. The van der Waals surface area contributed by atoms with Gasteiger partial charge in [-0.2, -0.15) is 0 Å². The quantitative estimate of drug-likeness (QED) is 0.348. The van der Waals surface area contributed by atoms with Crippen molar-refractivity contribution in [1.82, 2.24) is 15.4 Å². The molecule has 2 aliphatic rings. The molecule has 0 saturated heterocycles. The number of para-hydroxylation sites is 1. The monoisotopic (exact) mass is 497 g/mol. The highest BCUT2D eigenvalue weighted by molar-refractivity contribution is 5.95. The van der Waals surface area contributed by atoms with Gasteiger partial charge in [0.15, 0.2) is 0 Å². The lowest BCUT2D eigenvalue weighted by atomic mass is 9.92. The Hall–Kier alpha value is -3.97. The molecule has 1 fully saturated rings. The topological polar surface area (TPSA) is 91.8 Å². The van der Waals surface area contributed by atoms with Crippen LogP contribution in [0.15, 0.2) is 72.8 Å². The van der Waals surface area contributed by atoms with Crippen LogP contribution in [-0.4, -0.2) is 41.0 Å². The van der Waals surface area contributed by atoms with Gasteiger partial charge in [0.25, 0.3) is 0 Å². The summed E-state index contributed by atoms with van der Waals surface area (Å²) >= 11 is 0. The summed E-state index contributed by atoms with van der Waals surface area (Å²) in [6, 6.07) is 17.9. The standard InChI is InChI=1S/C30H31N3O4/c1-33(2)29(35)30(18-25(30)28(34)32-36)17-20-12-14-23(15-13-20)37-19-22-16-27(21-8-4-3-5-9-21)31-26-11-7-6-10-24(22)26/h3-4,6-8,10-16,25,36H,5,9,17-19H2,1-2H3,(H,32,34)/t25-,30+/m1/s1. The molecule has 190 valence electrons. The van der Waals surface area contributed by atoms with Gasteiger partial charge in [0.1, 0.15) is 12.4 Å². The van der Waals surface area contributed by atoms with E-state index in [1.54, 1.807) is 19.6 Å². The van der Waals surface area contributed by atoms with Crippen LogP contribution in [0.3, 0.4) is 0 Å². The Kier molecular flexibility index (Phi) is 6.80. The first-order chi connectivity index (χ1) is 17.9. The van der Waals surface area contributed by atoms with Crippen molar-refractivity contribution in [3.63, 3.8) is 0 Å². The molecule has 5 rings (SSSR count). The van der Waals surface area contributed by atoms with Gasteiger partial charge in [-0.1, -0.05) is 48.6 Å². The molecule has 1 heterocycles. The largest absolute Gasteiger partial charge is 0.489 e. The Morgan fingerprint density at radius 3 is 2.65 bits per heavy atom. The van der Waals surface area contributed by atoms with Crippen LogP contribution in [0.5, 0.6) is 5.75 Å². The fourth-order valence-corrected chi connectivity index (χ4v) is 5.26. The molecule has 2 amide bonds. The van der Waals surface area contributed by atoms with Gasteiger partial charge in [-0.25, -0.2) is 10.5 Å². The number of hydrogen-bond acceptors (Lipinski definition) is 5. The van der Waals surface area contributed by atoms with Gasteiger partial charge in [-0.3, -0.25) is 14.8 Å². The third-order valence-corrected chi connectivity index (χ3v) is 7.32. The summed E-state index contributed by atoms with van der Waals surface area (Å²) in [6.07, 6.45) is 9.22. The lowest BCUT2D eigenvalue weighted by Gasteiger charge is -2.21. The average Bonchev–Trinajstić information content (AvgIpc) is 3.66. The summed E-state index contributed by atoms with van der Waals surface area (Å²) in [5.74, 6) is -0.434.